The van der Waals surface area contributed by atoms with E-state index in [9.17, 15) is 9.59 Å². The highest BCUT2D eigenvalue weighted by Crippen LogP contribution is 2.26. The van der Waals surface area contributed by atoms with Crippen LogP contribution in [0.15, 0.2) is 62.6 Å². The van der Waals surface area contributed by atoms with E-state index < -0.39 is 11.2 Å². The van der Waals surface area contributed by atoms with Gasteiger partial charge in [0.15, 0.2) is 11.2 Å². The first kappa shape index (κ1) is 22.1. The van der Waals surface area contributed by atoms with Crippen molar-refractivity contribution in [3.63, 3.8) is 0 Å². The van der Waals surface area contributed by atoms with Gasteiger partial charge in [-0.3, -0.25) is 18.5 Å². The van der Waals surface area contributed by atoms with E-state index in [0.717, 1.165) is 33.9 Å². The van der Waals surface area contributed by atoms with Crippen LogP contribution in [-0.2, 0) is 27.1 Å². The largest absolute Gasteiger partial charge is 0.425 e. The lowest BCUT2D eigenvalue weighted by atomic mass is 10.1. The van der Waals surface area contributed by atoms with Gasteiger partial charge in [-0.15, -0.1) is 0 Å². The first-order valence-electron chi connectivity index (χ1n) is 10.6. The maximum absolute atomic E-state index is 13.0. The van der Waals surface area contributed by atoms with Crippen LogP contribution in [0.1, 0.15) is 30.9 Å². The van der Waals surface area contributed by atoms with Gasteiger partial charge in [0.1, 0.15) is 5.75 Å². The zero-order valence-corrected chi connectivity index (χ0v) is 19.9. The van der Waals surface area contributed by atoms with Crippen LogP contribution in [0, 0.1) is 0 Å². The van der Waals surface area contributed by atoms with Crippen molar-refractivity contribution in [3.05, 3.63) is 85.0 Å². The number of halogens is 1. The number of aryl methyl sites for hydroxylation is 2. The van der Waals surface area contributed by atoms with Crippen LogP contribution in [0.25, 0.3) is 11.2 Å². The van der Waals surface area contributed by atoms with Gasteiger partial charge in [-0.25, -0.2) is 4.79 Å². The van der Waals surface area contributed by atoms with E-state index in [0.29, 0.717) is 23.5 Å². The lowest BCUT2D eigenvalue weighted by molar-refractivity contribution is 0.420. The summed E-state index contributed by atoms with van der Waals surface area (Å²) in [5.74, 6) is 0.645. The molecule has 32 heavy (non-hydrogen) atoms. The Bertz CT molecular complexity index is 1400. The summed E-state index contributed by atoms with van der Waals surface area (Å²) < 4.78 is 11.3. The highest BCUT2D eigenvalue weighted by Gasteiger charge is 2.21. The van der Waals surface area contributed by atoms with E-state index in [2.05, 4.69) is 33.9 Å². The monoisotopic (exact) mass is 496 g/mol. The molecule has 7 nitrogen and oxygen atoms in total. The number of rotatable bonds is 7. The molecular formula is C24H25BrN4O3. The van der Waals surface area contributed by atoms with Crippen molar-refractivity contribution in [1.82, 2.24) is 18.7 Å². The summed E-state index contributed by atoms with van der Waals surface area (Å²) in [6.45, 7) is 2.53. The number of hydrogen-bond acceptors (Lipinski definition) is 4. The molecule has 0 N–H and O–H groups in total. The average molecular weight is 497 g/mol. The van der Waals surface area contributed by atoms with Crippen LogP contribution >= 0.6 is 15.9 Å². The second-order valence-corrected chi connectivity index (χ2v) is 8.76. The zero-order valence-electron chi connectivity index (χ0n) is 18.3. The molecule has 0 saturated carbocycles. The number of fused-ring (bicyclic) bond motifs is 1. The second-order valence-electron chi connectivity index (χ2n) is 7.84. The fourth-order valence-corrected chi connectivity index (χ4v) is 4.17. The summed E-state index contributed by atoms with van der Waals surface area (Å²) in [5, 5.41) is 0. The highest BCUT2D eigenvalue weighted by molar-refractivity contribution is 9.10. The predicted octanol–water partition coefficient (Wildman–Crippen LogP) is 4.38. The van der Waals surface area contributed by atoms with Gasteiger partial charge in [-0.05, 0) is 48.2 Å². The summed E-state index contributed by atoms with van der Waals surface area (Å²) in [7, 11) is 3.08. The number of nitrogens with zero attached hydrogens (tertiary/aromatic N) is 4. The number of unbranched alkanes of at least 4 members (excludes halogenated alkanes) is 1. The molecule has 0 aliphatic heterocycles. The fourth-order valence-electron chi connectivity index (χ4n) is 3.72. The predicted molar refractivity (Wildman–Crippen MR) is 129 cm³/mol. The molecule has 0 saturated heterocycles. The Balaban J connectivity index is 1.86. The lowest BCUT2D eigenvalue weighted by Gasteiger charge is -2.11. The molecule has 4 aromatic rings. The number of aromatic nitrogens is 4. The zero-order chi connectivity index (χ0) is 22.8. The minimum absolute atomic E-state index is 0.269. The van der Waals surface area contributed by atoms with E-state index >= 15 is 0 Å². The molecular weight excluding hydrogens is 472 g/mol. The van der Waals surface area contributed by atoms with Crippen molar-refractivity contribution in [2.45, 2.75) is 32.7 Å². The third-order valence-corrected chi connectivity index (χ3v) is 5.96. The van der Waals surface area contributed by atoms with E-state index in [1.54, 1.807) is 11.6 Å². The summed E-state index contributed by atoms with van der Waals surface area (Å²) in [5.41, 5.74) is 1.94. The average Bonchev–Trinajstić information content (AvgIpc) is 3.13. The first-order valence-corrected chi connectivity index (χ1v) is 11.4. The second kappa shape index (κ2) is 9.16. The Morgan fingerprint density at radius 2 is 1.75 bits per heavy atom. The third kappa shape index (κ3) is 4.27. The summed E-state index contributed by atoms with van der Waals surface area (Å²) in [6.07, 6.45) is 3.19. The molecule has 0 unspecified atom stereocenters. The normalized spacial score (nSPS) is 11.2. The quantitative estimate of drug-likeness (QED) is 0.380. The molecule has 4 rings (SSSR count). The van der Waals surface area contributed by atoms with Gasteiger partial charge >= 0.3 is 11.7 Å². The molecule has 0 bridgehead atoms. The van der Waals surface area contributed by atoms with Gasteiger partial charge in [0, 0.05) is 18.6 Å². The maximum atomic E-state index is 13.0. The third-order valence-electron chi connectivity index (χ3n) is 5.47. The summed E-state index contributed by atoms with van der Waals surface area (Å²) in [6, 6.07) is 16.0. The van der Waals surface area contributed by atoms with Gasteiger partial charge in [0.05, 0.1) is 6.54 Å². The van der Waals surface area contributed by atoms with Gasteiger partial charge < -0.3 is 4.74 Å². The van der Waals surface area contributed by atoms with Crippen molar-refractivity contribution in [2.75, 3.05) is 0 Å². The van der Waals surface area contributed by atoms with E-state index in [1.807, 2.05) is 42.5 Å². The van der Waals surface area contributed by atoms with Gasteiger partial charge in [0.25, 0.3) is 5.56 Å². The highest BCUT2D eigenvalue weighted by atomic mass is 79.9. The van der Waals surface area contributed by atoms with Gasteiger partial charge in [-0.1, -0.05) is 53.5 Å². The SMILES string of the molecule is CCCCc1cccc(Oc2nc3c(c(=O)n(C)c(=O)n3C)n2Cc2cccc(Br)c2)c1. The summed E-state index contributed by atoms with van der Waals surface area (Å²) in [4.78, 5) is 30.1. The van der Waals surface area contributed by atoms with Crippen molar-refractivity contribution in [3.8, 4) is 11.8 Å². The minimum atomic E-state index is -0.428. The van der Waals surface area contributed by atoms with Gasteiger partial charge in [0.2, 0.25) is 0 Å². The molecule has 0 radical (unpaired) electrons. The Morgan fingerprint density at radius 3 is 2.50 bits per heavy atom. The molecule has 8 heteroatoms. The maximum Gasteiger partial charge on any atom is 0.332 e. The number of ether oxygens (including phenoxy) is 1. The standard InChI is InChI=1S/C24H25BrN4O3/c1-4-5-8-16-9-7-12-19(14-16)32-23-26-21-20(22(30)28(3)24(31)27(21)2)29(23)15-17-10-6-11-18(25)13-17/h6-7,9-14H,4-5,8,15H2,1-3H3. The van der Waals surface area contributed by atoms with Crippen LogP contribution in [0.2, 0.25) is 0 Å². The van der Waals surface area contributed by atoms with E-state index in [-0.39, 0.29) is 6.01 Å². The molecule has 166 valence electrons. The molecule has 0 aliphatic carbocycles. The van der Waals surface area contributed by atoms with Crippen LogP contribution in [0.3, 0.4) is 0 Å². The van der Waals surface area contributed by atoms with Crippen LogP contribution in [-0.4, -0.2) is 18.7 Å². The Kier molecular flexibility index (Phi) is 6.32. The Labute approximate surface area is 194 Å². The fraction of sp³-hybridized carbons (Fsp3) is 0.292. The van der Waals surface area contributed by atoms with E-state index in [4.69, 9.17) is 4.74 Å². The Hall–Kier alpha value is -3.13. The molecule has 2 aromatic carbocycles. The van der Waals surface area contributed by atoms with E-state index in [1.165, 1.54) is 17.2 Å². The molecule has 2 aromatic heterocycles. The first-order chi connectivity index (χ1) is 15.4. The van der Waals surface area contributed by atoms with Crippen molar-refractivity contribution < 1.29 is 4.74 Å². The molecule has 0 aliphatic rings. The van der Waals surface area contributed by atoms with Crippen molar-refractivity contribution in [2.24, 2.45) is 14.1 Å². The van der Waals surface area contributed by atoms with Crippen molar-refractivity contribution in [1.29, 1.82) is 0 Å². The Morgan fingerprint density at radius 1 is 1.00 bits per heavy atom. The summed E-state index contributed by atoms with van der Waals surface area (Å²) >= 11 is 3.50. The molecule has 2 heterocycles. The molecule has 0 fully saturated rings. The number of hydrogen-bond donors (Lipinski definition) is 0. The topological polar surface area (TPSA) is 71.1 Å². The van der Waals surface area contributed by atoms with Crippen LogP contribution in [0.5, 0.6) is 11.8 Å². The smallest absolute Gasteiger partial charge is 0.332 e. The molecule has 0 amide bonds. The molecule has 0 atom stereocenters. The lowest BCUT2D eigenvalue weighted by Crippen LogP contribution is -2.37. The van der Waals surface area contributed by atoms with Crippen LogP contribution < -0.4 is 16.0 Å². The number of benzene rings is 2. The molecule has 0 spiro atoms. The minimum Gasteiger partial charge on any atom is -0.425 e. The van der Waals surface area contributed by atoms with Gasteiger partial charge in [-0.2, -0.15) is 4.98 Å². The van der Waals surface area contributed by atoms with Crippen LogP contribution in [0.4, 0.5) is 0 Å². The van der Waals surface area contributed by atoms with Crippen molar-refractivity contribution >= 4 is 27.1 Å². The number of imidazole rings is 1.